The van der Waals surface area contributed by atoms with E-state index in [0.29, 0.717) is 28.8 Å². The lowest BCUT2D eigenvalue weighted by Gasteiger charge is -2.12. The van der Waals surface area contributed by atoms with Gasteiger partial charge in [-0.3, -0.25) is 14.5 Å². The molecular weight excluding hydrogens is 495 g/mol. The van der Waals surface area contributed by atoms with Crippen LogP contribution in [0, 0.1) is 0 Å². The number of allylic oxidation sites excluding steroid dienone is 2. The van der Waals surface area contributed by atoms with Crippen LogP contribution in [-0.4, -0.2) is 32.2 Å². The van der Waals surface area contributed by atoms with Crippen molar-refractivity contribution in [3.8, 4) is 0 Å². The number of hydrazone groups is 1. The van der Waals surface area contributed by atoms with Gasteiger partial charge in [0.1, 0.15) is 0 Å². The number of halogens is 3. The molecular formula is C24H20F3N5O3S. The topological polar surface area (TPSA) is 113 Å². The van der Waals surface area contributed by atoms with Crippen LogP contribution < -0.4 is 10.1 Å². The lowest BCUT2D eigenvalue weighted by atomic mass is 10.2. The van der Waals surface area contributed by atoms with E-state index in [2.05, 4.69) is 31.9 Å². The van der Waals surface area contributed by atoms with E-state index in [0.717, 1.165) is 12.1 Å². The zero-order valence-electron chi connectivity index (χ0n) is 18.8. The standard InChI is InChI=1S/C24H20F3N5O3S/c1-16(5-4-14-28-2)23(33)31-29-15-19-11-8-17-6-3-7-21(22(17)30-19)32-36(34,35)20-12-9-18(10-13-20)24(25,26)27/h3-15,32H,2H2,1H3,(H,31,33)/b14-4-,16-5+,29-15+. The van der Waals surface area contributed by atoms with Crippen LogP contribution in [0.1, 0.15) is 18.2 Å². The molecule has 1 aromatic heterocycles. The SMILES string of the molecule is C=N/C=C\C=C(/C)C(=O)N/N=C/c1ccc2cccc(NS(=O)(=O)c3ccc(C(F)(F)F)cc3)c2n1. The van der Waals surface area contributed by atoms with Gasteiger partial charge in [0.05, 0.1) is 33.6 Å². The van der Waals surface area contributed by atoms with Crippen molar-refractivity contribution in [1.29, 1.82) is 0 Å². The number of aliphatic imine (C=N–C) groups is 1. The molecule has 0 bridgehead atoms. The maximum absolute atomic E-state index is 12.8. The number of pyridine rings is 1. The lowest BCUT2D eigenvalue weighted by Crippen LogP contribution is -2.18. The fourth-order valence-electron chi connectivity index (χ4n) is 2.91. The molecule has 0 saturated heterocycles. The number of para-hydroxylation sites is 1. The highest BCUT2D eigenvalue weighted by Crippen LogP contribution is 2.30. The average molecular weight is 516 g/mol. The van der Waals surface area contributed by atoms with Gasteiger partial charge in [-0.2, -0.15) is 18.3 Å². The van der Waals surface area contributed by atoms with E-state index < -0.39 is 27.7 Å². The van der Waals surface area contributed by atoms with Gasteiger partial charge in [-0.15, -0.1) is 0 Å². The van der Waals surface area contributed by atoms with E-state index in [1.165, 1.54) is 24.6 Å². The first-order valence-electron chi connectivity index (χ1n) is 10.2. The number of benzene rings is 2. The fourth-order valence-corrected chi connectivity index (χ4v) is 3.98. The normalized spacial score (nSPS) is 12.8. The van der Waals surface area contributed by atoms with E-state index >= 15 is 0 Å². The molecule has 0 unspecified atom stereocenters. The molecule has 0 aliphatic rings. The summed E-state index contributed by atoms with van der Waals surface area (Å²) >= 11 is 0. The van der Waals surface area contributed by atoms with E-state index in [9.17, 15) is 26.4 Å². The number of sulfonamides is 1. The number of hydrogen-bond donors (Lipinski definition) is 2. The predicted molar refractivity (Wildman–Crippen MR) is 132 cm³/mol. The molecule has 3 aromatic rings. The van der Waals surface area contributed by atoms with Crippen molar-refractivity contribution in [2.24, 2.45) is 10.1 Å². The van der Waals surface area contributed by atoms with E-state index in [4.69, 9.17) is 0 Å². The van der Waals surface area contributed by atoms with Crippen LogP contribution in [0.25, 0.3) is 10.9 Å². The maximum Gasteiger partial charge on any atom is 0.416 e. The third kappa shape index (κ3) is 6.63. The second-order valence-electron chi connectivity index (χ2n) is 7.31. The summed E-state index contributed by atoms with van der Waals surface area (Å²) < 4.78 is 66.3. The number of rotatable bonds is 8. The Morgan fingerprint density at radius 3 is 2.47 bits per heavy atom. The number of aromatic nitrogens is 1. The van der Waals surface area contributed by atoms with Crippen molar-refractivity contribution in [3.63, 3.8) is 0 Å². The van der Waals surface area contributed by atoms with Gasteiger partial charge in [0.2, 0.25) is 0 Å². The summed E-state index contributed by atoms with van der Waals surface area (Å²) in [7, 11) is -4.20. The van der Waals surface area contributed by atoms with Crippen molar-refractivity contribution in [2.45, 2.75) is 18.0 Å². The Balaban J connectivity index is 1.82. The summed E-state index contributed by atoms with van der Waals surface area (Å²) in [5.74, 6) is -0.453. The summed E-state index contributed by atoms with van der Waals surface area (Å²) in [5, 5.41) is 4.46. The summed E-state index contributed by atoms with van der Waals surface area (Å²) in [6.45, 7) is 4.87. The molecule has 0 saturated carbocycles. The van der Waals surface area contributed by atoms with Crippen molar-refractivity contribution in [1.82, 2.24) is 10.4 Å². The number of alkyl halides is 3. The zero-order valence-corrected chi connectivity index (χ0v) is 19.6. The number of nitrogens with one attached hydrogen (secondary N) is 2. The van der Waals surface area contributed by atoms with Crippen LogP contribution in [0.15, 0.2) is 93.5 Å². The molecule has 1 heterocycles. The summed E-state index contributed by atoms with van der Waals surface area (Å²) in [6, 6.07) is 11.2. The number of carbonyl (C=O) groups is 1. The minimum Gasteiger partial charge on any atom is -0.277 e. The number of hydrogen-bond acceptors (Lipinski definition) is 6. The highest BCUT2D eigenvalue weighted by atomic mass is 32.2. The zero-order chi connectivity index (χ0) is 26.3. The highest BCUT2D eigenvalue weighted by molar-refractivity contribution is 7.92. The Hall–Kier alpha value is -4.32. The molecule has 12 heteroatoms. The first-order valence-corrected chi connectivity index (χ1v) is 11.7. The third-order valence-electron chi connectivity index (χ3n) is 4.74. The van der Waals surface area contributed by atoms with Crippen LogP contribution >= 0.6 is 0 Å². The summed E-state index contributed by atoms with van der Waals surface area (Å²) in [5.41, 5.74) is 2.48. The first-order chi connectivity index (χ1) is 17.0. The first kappa shape index (κ1) is 26.3. The smallest absolute Gasteiger partial charge is 0.277 e. The molecule has 2 N–H and O–H groups in total. The molecule has 0 spiro atoms. The maximum atomic E-state index is 12.8. The Morgan fingerprint density at radius 1 is 1.08 bits per heavy atom. The van der Waals surface area contributed by atoms with Crippen LogP contribution in [0.5, 0.6) is 0 Å². The molecule has 0 aliphatic carbocycles. The van der Waals surface area contributed by atoms with Gasteiger partial charge in [-0.1, -0.05) is 24.3 Å². The molecule has 8 nitrogen and oxygen atoms in total. The Kier molecular flexibility index (Phi) is 8.00. The Bertz CT molecular complexity index is 1480. The number of anilines is 1. The second-order valence-corrected chi connectivity index (χ2v) is 9.00. The van der Waals surface area contributed by atoms with Crippen LogP contribution in [-0.2, 0) is 21.0 Å². The molecule has 0 radical (unpaired) electrons. The molecule has 0 atom stereocenters. The van der Waals surface area contributed by atoms with E-state index in [-0.39, 0.29) is 16.1 Å². The number of nitrogens with zero attached hydrogens (tertiary/aromatic N) is 3. The summed E-state index contributed by atoms with van der Waals surface area (Å²) in [6.07, 6.45) is 1.20. The van der Waals surface area contributed by atoms with Gasteiger partial charge in [-0.25, -0.2) is 18.8 Å². The quantitative estimate of drug-likeness (QED) is 0.197. The number of fused-ring (bicyclic) bond motifs is 1. The average Bonchev–Trinajstić information content (AvgIpc) is 2.83. The molecule has 2 aromatic carbocycles. The number of carbonyl (C=O) groups excluding carboxylic acids is 1. The summed E-state index contributed by atoms with van der Waals surface area (Å²) in [4.78, 5) is 19.6. The van der Waals surface area contributed by atoms with E-state index in [1.807, 2.05) is 0 Å². The van der Waals surface area contributed by atoms with Crippen molar-refractivity contribution >= 4 is 45.5 Å². The van der Waals surface area contributed by atoms with Crippen molar-refractivity contribution in [3.05, 3.63) is 89.8 Å². The minimum absolute atomic E-state index is 0.119. The van der Waals surface area contributed by atoms with Crippen LogP contribution in [0.2, 0.25) is 0 Å². The molecule has 186 valence electrons. The monoisotopic (exact) mass is 515 g/mol. The Morgan fingerprint density at radius 2 is 1.81 bits per heavy atom. The van der Waals surface area contributed by atoms with Crippen molar-refractivity contribution < 1.29 is 26.4 Å². The minimum atomic E-state index is -4.58. The second kappa shape index (κ2) is 11.0. The van der Waals surface area contributed by atoms with Crippen molar-refractivity contribution in [2.75, 3.05) is 4.72 Å². The number of amides is 1. The van der Waals surface area contributed by atoms with Crippen LogP contribution in [0.4, 0.5) is 18.9 Å². The van der Waals surface area contributed by atoms with Gasteiger partial charge in [0.15, 0.2) is 0 Å². The highest BCUT2D eigenvalue weighted by Gasteiger charge is 2.30. The molecule has 3 rings (SSSR count). The largest absolute Gasteiger partial charge is 0.416 e. The third-order valence-corrected chi connectivity index (χ3v) is 6.12. The molecule has 1 amide bonds. The molecule has 36 heavy (non-hydrogen) atoms. The van der Waals surface area contributed by atoms with Gasteiger partial charge in [0, 0.05) is 17.2 Å². The van der Waals surface area contributed by atoms with E-state index in [1.54, 1.807) is 37.3 Å². The fraction of sp³-hybridized carbons (Fsp3) is 0.0833. The molecule has 0 fully saturated rings. The van der Waals surface area contributed by atoms with Gasteiger partial charge >= 0.3 is 6.18 Å². The van der Waals surface area contributed by atoms with Gasteiger partial charge in [-0.05, 0) is 56.1 Å². The van der Waals surface area contributed by atoms with Gasteiger partial charge < -0.3 is 0 Å². The Labute approximate surface area is 205 Å². The lowest BCUT2D eigenvalue weighted by molar-refractivity contribution is -0.137. The predicted octanol–water partition coefficient (Wildman–Crippen LogP) is 4.67. The van der Waals surface area contributed by atoms with Gasteiger partial charge in [0.25, 0.3) is 15.9 Å². The molecule has 0 aliphatic heterocycles. The van der Waals surface area contributed by atoms with Crippen LogP contribution in [0.3, 0.4) is 0 Å².